The Hall–Kier alpha value is -3.29. The number of likely N-dealkylation sites (tertiary alicyclic amines) is 1. The molecule has 2 aromatic heterocycles. The molecule has 8 heteroatoms. The number of carbonyl (C=O) groups is 1. The second kappa shape index (κ2) is 9.46. The highest BCUT2D eigenvalue weighted by molar-refractivity contribution is 5.77. The van der Waals surface area contributed by atoms with Gasteiger partial charge in [0, 0.05) is 51.2 Å². The molecule has 3 heterocycles. The van der Waals surface area contributed by atoms with Crippen molar-refractivity contribution in [3.63, 3.8) is 0 Å². The highest BCUT2D eigenvalue weighted by Gasteiger charge is 2.32. The third-order valence-corrected chi connectivity index (χ3v) is 5.92. The predicted octanol–water partition coefficient (Wildman–Crippen LogP) is 3.86. The molecule has 0 bridgehead atoms. The van der Waals surface area contributed by atoms with E-state index in [0.717, 1.165) is 48.3 Å². The fourth-order valence-corrected chi connectivity index (χ4v) is 4.26. The van der Waals surface area contributed by atoms with Gasteiger partial charge < -0.3 is 14.4 Å². The second-order valence-electron chi connectivity index (χ2n) is 8.29. The van der Waals surface area contributed by atoms with E-state index in [9.17, 15) is 9.18 Å². The van der Waals surface area contributed by atoms with Crippen LogP contribution in [-0.4, -0.2) is 51.0 Å². The molecule has 1 aromatic carbocycles. The fraction of sp³-hybridized carbons (Fsp3) is 0.417. The van der Waals surface area contributed by atoms with E-state index in [1.165, 1.54) is 12.1 Å². The van der Waals surface area contributed by atoms with Crippen LogP contribution in [0.2, 0.25) is 0 Å². The summed E-state index contributed by atoms with van der Waals surface area (Å²) < 4.78 is 15.5. The van der Waals surface area contributed by atoms with Crippen LogP contribution in [0.5, 0.6) is 0 Å². The van der Waals surface area contributed by atoms with Gasteiger partial charge in [0.1, 0.15) is 18.2 Å². The lowest BCUT2D eigenvalue weighted by Crippen LogP contribution is -2.41. The van der Waals surface area contributed by atoms with E-state index >= 15 is 0 Å². The van der Waals surface area contributed by atoms with Gasteiger partial charge in [-0.1, -0.05) is 19.1 Å². The minimum absolute atomic E-state index is 0.0532. The van der Waals surface area contributed by atoms with Crippen molar-refractivity contribution in [1.82, 2.24) is 24.4 Å². The summed E-state index contributed by atoms with van der Waals surface area (Å²) in [5.41, 5.74) is 2.48. The summed E-state index contributed by atoms with van der Waals surface area (Å²) in [7, 11) is 3.79. The maximum atomic E-state index is 13.5. The van der Waals surface area contributed by atoms with Gasteiger partial charge in [-0.05, 0) is 37.0 Å². The summed E-state index contributed by atoms with van der Waals surface area (Å²) in [5, 5.41) is 0. The molecule has 1 aliphatic heterocycles. The van der Waals surface area contributed by atoms with Gasteiger partial charge in [-0.25, -0.2) is 19.3 Å². The van der Waals surface area contributed by atoms with Crippen molar-refractivity contribution in [2.75, 3.05) is 25.5 Å². The van der Waals surface area contributed by atoms with E-state index in [1.54, 1.807) is 24.5 Å². The molecule has 1 fully saturated rings. The fourth-order valence-electron chi connectivity index (χ4n) is 4.26. The lowest BCUT2D eigenvalue weighted by Gasteiger charge is -2.36. The highest BCUT2D eigenvalue weighted by atomic mass is 19.1. The van der Waals surface area contributed by atoms with Gasteiger partial charge in [0.25, 0.3) is 0 Å². The van der Waals surface area contributed by atoms with Crippen molar-refractivity contribution >= 4 is 11.9 Å². The number of amides is 1. The lowest BCUT2D eigenvalue weighted by atomic mass is 9.93. The van der Waals surface area contributed by atoms with Gasteiger partial charge in [0.05, 0.1) is 11.7 Å². The Morgan fingerprint density at radius 1 is 1.19 bits per heavy atom. The van der Waals surface area contributed by atoms with Crippen LogP contribution in [0.25, 0.3) is 11.1 Å². The molecule has 1 saturated heterocycles. The first kappa shape index (κ1) is 21.9. The molecule has 0 spiro atoms. The maximum Gasteiger partial charge on any atom is 0.243 e. The molecule has 0 radical (unpaired) electrons. The number of carbonyl (C=O) groups excluding carboxylic acids is 1. The minimum Gasteiger partial charge on any atom is -0.347 e. The normalized spacial score (nSPS) is 16.2. The Morgan fingerprint density at radius 3 is 2.69 bits per heavy atom. The van der Waals surface area contributed by atoms with E-state index in [4.69, 9.17) is 4.98 Å². The summed E-state index contributed by atoms with van der Waals surface area (Å²) >= 11 is 0. The van der Waals surface area contributed by atoms with Crippen LogP contribution in [0.15, 0.2) is 42.9 Å². The molecule has 0 saturated carbocycles. The van der Waals surface area contributed by atoms with Crippen LogP contribution in [0.1, 0.15) is 43.7 Å². The van der Waals surface area contributed by atoms with Crippen molar-refractivity contribution in [1.29, 1.82) is 0 Å². The van der Waals surface area contributed by atoms with Crippen molar-refractivity contribution in [3.05, 3.63) is 60.2 Å². The number of rotatable bonds is 6. The third kappa shape index (κ3) is 4.49. The SMILES string of the molecule is CCc1nccn1CC(=O)N1CCCCC1c1nc(N(C)C)ncc1-c1ccc(F)cc1. The summed E-state index contributed by atoms with van der Waals surface area (Å²) in [4.78, 5) is 30.9. The standard InChI is InChI=1S/C24H29FN6O/c1-4-21-26-12-14-30(21)16-22(32)31-13-6-5-7-20(31)23-19(15-27-24(28-23)29(2)3)17-8-10-18(25)11-9-17/h8-12,14-15,20H,4-7,13,16H2,1-3H3. The van der Waals surface area contributed by atoms with Gasteiger partial charge in [-0.15, -0.1) is 0 Å². The Kier molecular flexibility index (Phi) is 6.48. The van der Waals surface area contributed by atoms with E-state index in [2.05, 4.69) is 9.97 Å². The second-order valence-corrected chi connectivity index (χ2v) is 8.29. The number of imidazole rings is 1. The van der Waals surface area contributed by atoms with Gasteiger partial charge in [0.15, 0.2) is 0 Å². The summed E-state index contributed by atoms with van der Waals surface area (Å²) in [6, 6.07) is 6.19. The Labute approximate surface area is 187 Å². The van der Waals surface area contributed by atoms with Crippen LogP contribution < -0.4 is 4.90 Å². The van der Waals surface area contributed by atoms with Crippen molar-refractivity contribution in [3.8, 4) is 11.1 Å². The first-order valence-electron chi connectivity index (χ1n) is 11.1. The van der Waals surface area contributed by atoms with Crippen LogP contribution >= 0.6 is 0 Å². The lowest BCUT2D eigenvalue weighted by molar-refractivity contribution is -0.135. The van der Waals surface area contributed by atoms with E-state index in [0.29, 0.717) is 12.5 Å². The van der Waals surface area contributed by atoms with Gasteiger partial charge in [-0.2, -0.15) is 0 Å². The Bertz CT molecular complexity index is 1080. The predicted molar refractivity (Wildman–Crippen MR) is 122 cm³/mol. The topological polar surface area (TPSA) is 67.2 Å². The van der Waals surface area contributed by atoms with E-state index in [-0.39, 0.29) is 24.3 Å². The third-order valence-electron chi connectivity index (χ3n) is 5.92. The first-order valence-corrected chi connectivity index (χ1v) is 11.1. The highest BCUT2D eigenvalue weighted by Crippen LogP contribution is 2.36. The first-order chi connectivity index (χ1) is 15.5. The van der Waals surface area contributed by atoms with Crippen LogP contribution in [-0.2, 0) is 17.8 Å². The summed E-state index contributed by atoms with van der Waals surface area (Å²) in [6.07, 6.45) is 8.96. The number of anilines is 1. The Balaban J connectivity index is 1.72. The average Bonchev–Trinajstić information content (AvgIpc) is 3.26. The molecule has 4 rings (SSSR count). The van der Waals surface area contributed by atoms with Crippen molar-refractivity contribution in [2.24, 2.45) is 0 Å². The monoisotopic (exact) mass is 436 g/mol. The zero-order chi connectivity index (χ0) is 22.7. The molecule has 1 amide bonds. The smallest absolute Gasteiger partial charge is 0.243 e. The van der Waals surface area contributed by atoms with Crippen LogP contribution in [0.3, 0.4) is 0 Å². The largest absolute Gasteiger partial charge is 0.347 e. The molecule has 1 aliphatic rings. The number of aryl methyl sites for hydroxylation is 1. The van der Waals surface area contributed by atoms with Gasteiger partial charge >= 0.3 is 0 Å². The zero-order valence-electron chi connectivity index (χ0n) is 18.8. The number of hydrogen-bond donors (Lipinski definition) is 0. The quantitative estimate of drug-likeness (QED) is 0.587. The molecule has 3 aromatic rings. The maximum absolute atomic E-state index is 13.5. The van der Waals surface area contributed by atoms with E-state index < -0.39 is 0 Å². The summed E-state index contributed by atoms with van der Waals surface area (Å²) in [5.74, 6) is 1.25. The number of hydrogen-bond acceptors (Lipinski definition) is 5. The summed E-state index contributed by atoms with van der Waals surface area (Å²) in [6.45, 7) is 2.98. The van der Waals surface area contributed by atoms with Crippen molar-refractivity contribution < 1.29 is 9.18 Å². The number of aromatic nitrogens is 4. The number of halogens is 1. The average molecular weight is 437 g/mol. The van der Waals surface area contributed by atoms with E-state index in [1.807, 2.05) is 41.6 Å². The molecule has 1 unspecified atom stereocenters. The van der Waals surface area contributed by atoms with Crippen LogP contribution in [0, 0.1) is 5.82 Å². The zero-order valence-corrected chi connectivity index (χ0v) is 18.8. The molecule has 0 aliphatic carbocycles. The minimum atomic E-state index is -0.289. The molecule has 0 N–H and O–H groups in total. The molecule has 32 heavy (non-hydrogen) atoms. The van der Waals surface area contributed by atoms with Gasteiger partial charge in [0.2, 0.25) is 11.9 Å². The number of piperidine rings is 1. The number of nitrogens with zero attached hydrogens (tertiary/aromatic N) is 6. The molecule has 1 atom stereocenters. The number of benzene rings is 1. The molecule has 7 nitrogen and oxygen atoms in total. The van der Waals surface area contributed by atoms with Gasteiger partial charge in [-0.3, -0.25) is 4.79 Å². The van der Waals surface area contributed by atoms with Crippen molar-refractivity contribution in [2.45, 2.75) is 45.2 Å². The molecular formula is C24H29FN6O. The Morgan fingerprint density at radius 2 is 1.97 bits per heavy atom. The molecule has 168 valence electrons. The van der Waals surface area contributed by atoms with Crippen LogP contribution in [0.4, 0.5) is 10.3 Å². The molecular weight excluding hydrogens is 407 g/mol.